The van der Waals surface area contributed by atoms with Gasteiger partial charge < -0.3 is 4.74 Å². The van der Waals surface area contributed by atoms with Gasteiger partial charge in [-0.3, -0.25) is 9.59 Å². The van der Waals surface area contributed by atoms with Crippen LogP contribution < -0.4 is 0 Å². The van der Waals surface area contributed by atoms with Gasteiger partial charge in [0.25, 0.3) is 0 Å². The van der Waals surface area contributed by atoms with Crippen LogP contribution in [0.15, 0.2) is 36.4 Å². The minimum Gasteiger partial charge on any atom is -0.354 e. The molecule has 2 aromatic carbocycles. The maximum absolute atomic E-state index is 13.3. The summed E-state index contributed by atoms with van der Waals surface area (Å²) in [6, 6.07) is 7.84. The molecule has 1 heterocycles. The molecule has 1 aliphatic heterocycles. The molecule has 3 rings (SSSR count). The molecule has 0 radical (unpaired) electrons. The monoisotopic (exact) mass is 436 g/mol. The summed E-state index contributed by atoms with van der Waals surface area (Å²) in [5, 5.41) is 0. The van der Waals surface area contributed by atoms with Crippen molar-refractivity contribution in [3.63, 3.8) is 0 Å². The fourth-order valence-corrected chi connectivity index (χ4v) is 4.07. The molecule has 0 N–H and O–H groups in total. The molecule has 0 aliphatic carbocycles. The van der Waals surface area contributed by atoms with Gasteiger partial charge in [0.2, 0.25) is 0 Å². The third-order valence-corrected chi connectivity index (χ3v) is 5.62. The van der Waals surface area contributed by atoms with Gasteiger partial charge in [-0.15, -0.1) is 0 Å². The predicted octanol–water partition coefficient (Wildman–Crippen LogP) is 5.96. The van der Waals surface area contributed by atoms with Crippen molar-refractivity contribution in [2.75, 3.05) is 0 Å². The van der Waals surface area contributed by atoms with E-state index < -0.39 is 47.1 Å². The molecule has 3 nitrogen and oxygen atoms in total. The molecular weight excluding hydrogens is 412 g/mol. The number of ketones is 2. The highest BCUT2D eigenvalue weighted by molar-refractivity contribution is 6.15. The number of Topliss-reactive ketones (excluding diaryl/α,β-unsaturated/α-hetero) is 2. The van der Waals surface area contributed by atoms with Crippen molar-refractivity contribution in [2.24, 2.45) is 0 Å². The van der Waals surface area contributed by atoms with E-state index in [1.165, 1.54) is 6.07 Å². The summed E-state index contributed by atoms with van der Waals surface area (Å²) in [4.78, 5) is 26.2. The quantitative estimate of drug-likeness (QED) is 0.441. The third-order valence-electron chi connectivity index (χ3n) is 5.62. The Morgan fingerprint density at radius 1 is 0.903 bits per heavy atom. The van der Waals surface area contributed by atoms with Crippen molar-refractivity contribution in [1.29, 1.82) is 0 Å². The lowest BCUT2D eigenvalue weighted by molar-refractivity contribution is -0.184. The Morgan fingerprint density at radius 3 is 2.00 bits per heavy atom. The summed E-state index contributed by atoms with van der Waals surface area (Å²) in [6.07, 6.45) is -4.63. The number of carbonyl (C=O) groups is 2. The topological polar surface area (TPSA) is 43.4 Å². The van der Waals surface area contributed by atoms with Crippen molar-refractivity contribution in [3.8, 4) is 11.1 Å². The van der Waals surface area contributed by atoms with Gasteiger partial charge in [0.1, 0.15) is 23.8 Å². The summed E-state index contributed by atoms with van der Waals surface area (Å²) >= 11 is 0. The van der Waals surface area contributed by atoms with Crippen molar-refractivity contribution in [1.82, 2.24) is 0 Å². The molecule has 0 bridgehead atoms. The minimum absolute atomic E-state index is 0.104. The summed E-state index contributed by atoms with van der Waals surface area (Å²) < 4.78 is 58.8. The predicted molar refractivity (Wildman–Crippen MR) is 108 cm³/mol. The molecule has 0 spiro atoms. The Balaban J connectivity index is 2.18. The highest BCUT2D eigenvalue weighted by Crippen LogP contribution is 2.41. The van der Waals surface area contributed by atoms with Gasteiger partial charge in [0, 0.05) is 0 Å². The number of hydrogen-bond donors (Lipinski definition) is 0. The molecule has 1 fully saturated rings. The zero-order valence-electron chi connectivity index (χ0n) is 18.0. The highest BCUT2D eigenvalue weighted by atomic mass is 19.4. The van der Waals surface area contributed by atoms with E-state index in [4.69, 9.17) is 4.74 Å². The van der Waals surface area contributed by atoms with Crippen LogP contribution in [0.5, 0.6) is 0 Å². The van der Waals surface area contributed by atoms with Gasteiger partial charge >= 0.3 is 6.18 Å². The second-order valence-corrected chi connectivity index (χ2v) is 8.91. The van der Waals surface area contributed by atoms with Crippen LogP contribution in [0.4, 0.5) is 17.6 Å². The van der Waals surface area contributed by atoms with E-state index in [1.807, 2.05) is 0 Å². The molecule has 7 heteroatoms. The average Bonchev–Trinajstić information content (AvgIpc) is 2.66. The van der Waals surface area contributed by atoms with Crippen LogP contribution in [0, 0.1) is 6.92 Å². The van der Waals surface area contributed by atoms with Gasteiger partial charge in [-0.1, -0.05) is 12.1 Å². The largest absolute Gasteiger partial charge is 0.416 e. The fourth-order valence-electron chi connectivity index (χ4n) is 4.07. The van der Waals surface area contributed by atoms with E-state index in [0.29, 0.717) is 16.7 Å². The van der Waals surface area contributed by atoms with Crippen LogP contribution in [0.2, 0.25) is 0 Å². The van der Waals surface area contributed by atoms with Crippen LogP contribution in [-0.4, -0.2) is 22.8 Å². The third kappa shape index (κ3) is 4.28. The van der Waals surface area contributed by atoms with Crippen molar-refractivity contribution >= 4 is 11.6 Å². The number of hydrogen-bond acceptors (Lipinski definition) is 3. The van der Waals surface area contributed by atoms with E-state index >= 15 is 0 Å². The number of benzene rings is 2. The smallest absolute Gasteiger partial charge is 0.354 e. The van der Waals surface area contributed by atoms with E-state index in [0.717, 1.165) is 12.1 Å². The number of carbonyl (C=O) groups excluding carboxylic acids is 2. The first-order valence-corrected chi connectivity index (χ1v) is 9.84. The Morgan fingerprint density at radius 2 is 1.48 bits per heavy atom. The summed E-state index contributed by atoms with van der Waals surface area (Å²) in [5.74, 6) is -1.93. The maximum atomic E-state index is 13.3. The number of rotatable bonds is 3. The molecule has 31 heavy (non-hydrogen) atoms. The molecule has 2 aromatic rings. The van der Waals surface area contributed by atoms with Crippen molar-refractivity contribution < 1.29 is 31.9 Å². The first kappa shape index (κ1) is 23.1. The van der Waals surface area contributed by atoms with Gasteiger partial charge in [-0.25, -0.2) is 4.39 Å². The minimum atomic E-state index is -4.63. The van der Waals surface area contributed by atoms with Crippen molar-refractivity contribution in [3.05, 3.63) is 58.7 Å². The lowest BCUT2D eigenvalue weighted by Gasteiger charge is -2.43. The van der Waals surface area contributed by atoms with Gasteiger partial charge in [-0.2, -0.15) is 13.2 Å². The van der Waals surface area contributed by atoms with E-state index in [2.05, 4.69) is 0 Å². The molecule has 0 saturated carbocycles. The number of alkyl halides is 4. The second-order valence-electron chi connectivity index (χ2n) is 8.91. The van der Waals surface area contributed by atoms with Gasteiger partial charge in [-0.05, 0) is 86.7 Å². The van der Waals surface area contributed by atoms with Crippen LogP contribution in [0.25, 0.3) is 11.1 Å². The molecule has 1 aliphatic rings. The first-order chi connectivity index (χ1) is 14.2. The average molecular weight is 436 g/mol. The molecule has 0 unspecified atom stereocenters. The molecular formula is C24H24F4O3. The Labute approximate surface area is 178 Å². The van der Waals surface area contributed by atoms with Crippen LogP contribution in [-0.2, 0) is 27.2 Å². The van der Waals surface area contributed by atoms with Gasteiger partial charge in [0.15, 0.2) is 11.6 Å². The first-order valence-electron chi connectivity index (χ1n) is 9.84. The van der Waals surface area contributed by atoms with Crippen LogP contribution in [0.1, 0.15) is 55.9 Å². The van der Waals surface area contributed by atoms with Crippen LogP contribution >= 0.6 is 0 Å². The number of halogens is 4. The summed E-state index contributed by atoms with van der Waals surface area (Å²) in [6.45, 7) is 7.06. The summed E-state index contributed by atoms with van der Waals surface area (Å²) in [5.41, 5.74) is -1.88. The maximum Gasteiger partial charge on any atom is 0.416 e. The Hall–Kier alpha value is -2.54. The number of aryl methyl sites for hydroxylation is 1. The fraction of sp³-hybridized carbons (Fsp3) is 0.417. The van der Waals surface area contributed by atoms with Crippen molar-refractivity contribution in [2.45, 2.75) is 64.6 Å². The standard InChI is InChI=1S/C24H24F4O3/c1-13-6-7-15(16-8-14(12-25)9-17(10-16)24(26,27)28)11-18(13)19-20(29)22(2,3)31-23(4,5)21(19)30/h6-11,19H,12H2,1-5H3. The highest BCUT2D eigenvalue weighted by Gasteiger charge is 2.53. The lowest BCUT2D eigenvalue weighted by atomic mass is 9.73. The lowest BCUT2D eigenvalue weighted by Crippen LogP contribution is -2.58. The zero-order valence-corrected chi connectivity index (χ0v) is 18.0. The molecule has 166 valence electrons. The molecule has 0 amide bonds. The SMILES string of the molecule is Cc1ccc(-c2cc(CF)cc(C(F)(F)F)c2)cc1C1C(=O)C(C)(C)OC(C)(C)C1=O. The molecule has 0 aromatic heterocycles. The Bertz CT molecular complexity index is 1030. The van der Waals surface area contributed by atoms with Crippen LogP contribution in [0.3, 0.4) is 0 Å². The molecule has 0 atom stereocenters. The second kappa shape index (κ2) is 7.55. The van der Waals surface area contributed by atoms with E-state index in [-0.39, 0.29) is 11.1 Å². The van der Waals surface area contributed by atoms with E-state index in [1.54, 1.807) is 52.8 Å². The number of ether oxygens (including phenoxy) is 1. The van der Waals surface area contributed by atoms with E-state index in [9.17, 15) is 27.2 Å². The summed E-state index contributed by atoms with van der Waals surface area (Å²) in [7, 11) is 0. The zero-order chi connectivity index (χ0) is 23.4. The molecule has 1 saturated heterocycles. The Kier molecular flexibility index (Phi) is 5.63. The normalized spacial score (nSPS) is 19.0. The van der Waals surface area contributed by atoms with Gasteiger partial charge in [0.05, 0.1) is 5.56 Å².